The Hall–Kier alpha value is -2.34. The van der Waals surface area contributed by atoms with Gasteiger partial charge in [-0.3, -0.25) is 10.00 Å². The van der Waals surface area contributed by atoms with Crippen LogP contribution < -0.4 is 4.74 Å². The van der Waals surface area contributed by atoms with Crippen LogP contribution in [-0.4, -0.2) is 47.9 Å². The third kappa shape index (κ3) is 3.26. The Morgan fingerprint density at radius 2 is 2.32 bits per heavy atom. The number of benzene rings is 1. The first-order valence-corrected chi connectivity index (χ1v) is 8.82. The molecule has 6 nitrogen and oxygen atoms in total. The molecule has 3 heterocycles. The van der Waals surface area contributed by atoms with E-state index in [-0.39, 0.29) is 5.97 Å². The van der Waals surface area contributed by atoms with E-state index in [2.05, 4.69) is 33.3 Å². The van der Waals surface area contributed by atoms with E-state index in [9.17, 15) is 4.79 Å². The third-order valence-corrected chi connectivity index (χ3v) is 5.17. The average molecular weight is 341 g/mol. The smallest absolute Gasteiger partial charge is 0.358 e. The van der Waals surface area contributed by atoms with Gasteiger partial charge in [-0.1, -0.05) is 18.2 Å². The van der Waals surface area contributed by atoms with E-state index < -0.39 is 0 Å². The van der Waals surface area contributed by atoms with Gasteiger partial charge in [0.05, 0.1) is 13.7 Å². The number of nitrogens with one attached hydrogen (secondary N) is 1. The minimum atomic E-state index is -0.365. The normalized spacial score (nSPS) is 20.1. The molecule has 1 aromatic carbocycles. The number of hydrogen-bond acceptors (Lipinski definition) is 5. The Kier molecular flexibility index (Phi) is 4.44. The summed E-state index contributed by atoms with van der Waals surface area (Å²) in [6.45, 7) is 3.49. The standard InChI is InChI=1S/C19H23N3O3/c1-24-19(23)18-15-12-22(8-6-16(15)20-21-18)11-13-7-9-25-17-5-3-2-4-14(17)10-13/h2-5,13H,6-12H2,1H3,(H,20,21). The van der Waals surface area contributed by atoms with E-state index in [1.807, 2.05) is 6.07 Å². The maximum Gasteiger partial charge on any atom is 0.358 e. The summed E-state index contributed by atoms with van der Waals surface area (Å²) in [5, 5.41) is 7.14. The van der Waals surface area contributed by atoms with Crippen LogP contribution in [0.3, 0.4) is 0 Å². The van der Waals surface area contributed by atoms with E-state index >= 15 is 0 Å². The first-order valence-electron chi connectivity index (χ1n) is 8.82. The summed E-state index contributed by atoms with van der Waals surface area (Å²) in [7, 11) is 1.40. The van der Waals surface area contributed by atoms with Crippen molar-refractivity contribution in [3.8, 4) is 5.75 Å². The highest BCUT2D eigenvalue weighted by Crippen LogP contribution is 2.28. The molecule has 25 heavy (non-hydrogen) atoms. The second kappa shape index (κ2) is 6.88. The zero-order chi connectivity index (χ0) is 17.2. The van der Waals surface area contributed by atoms with Gasteiger partial charge in [-0.2, -0.15) is 5.10 Å². The minimum absolute atomic E-state index is 0.365. The number of carbonyl (C=O) groups excluding carboxylic acids is 1. The zero-order valence-electron chi connectivity index (χ0n) is 14.5. The van der Waals surface area contributed by atoms with Crippen molar-refractivity contribution in [2.45, 2.75) is 25.8 Å². The summed E-state index contributed by atoms with van der Waals surface area (Å²) < 4.78 is 10.7. The molecule has 4 rings (SSSR count). The van der Waals surface area contributed by atoms with Crippen LogP contribution in [-0.2, 0) is 24.1 Å². The Morgan fingerprint density at radius 3 is 3.20 bits per heavy atom. The van der Waals surface area contributed by atoms with Gasteiger partial charge in [0.15, 0.2) is 5.69 Å². The lowest BCUT2D eigenvalue weighted by molar-refractivity contribution is 0.0591. The predicted octanol–water partition coefficient (Wildman–Crippen LogP) is 2.20. The topological polar surface area (TPSA) is 67.5 Å². The maximum absolute atomic E-state index is 11.9. The van der Waals surface area contributed by atoms with Crippen molar-refractivity contribution in [1.82, 2.24) is 15.1 Å². The van der Waals surface area contributed by atoms with Gasteiger partial charge >= 0.3 is 5.97 Å². The molecular formula is C19H23N3O3. The van der Waals surface area contributed by atoms with Crippen molar-refractivity contribution in [3.63, 3.8) is 0 Å². The molecule has 0 bridgehead atoms. The van der Waals surface area contributed by atoms with Gasteiger partial charge < -0.3 is 9.47 Å². The quantitative estimate of drug-likeness (QED) is 0.867. The molecule has 0 saturated heterocycles. The number of aromatic amines is 1. The molecule has 0 spiro atoms. The number of carbonyl (C=O) groups is 1. The predicted molar refractivity (Wildman–Crippen MR) is 92.7 cm³/mol. The van der Waals surface area contributed by atoms with E-state index in [0.29, 0.717) is 11.6 Å². The lowest BCUT2D eigenvalue weighted by Gasteiger charge is -2.30. The van der Waals surface area contributed by atoms with Gasteiger partial charge in [-0.05, 0) is 30.4 Å². The minimum Gasteiger partial charge on any atom is -0.493 e. The number of H-pyrrole nitrogens is 1. The molecule has 1 unspecified atom stereocenters. The van der Waals surface area contributed by atoms with E-state index in [4.69, 9.17) is 9.47 Å². The number of aromatic nitrogens is 2. The van der Waals surface area contributed by atoms with Crippen LogP contribution in [0.25, 0.3) is 0 Å². The Balaban J connectivity index is 1.46. The number of hydrogen-bond donors (Lipinski definition) is 1. The molecule has 0 fully saturated rings. The molecule has 0 saturated carbocycles. The van der Waals surface area contributed by atoms with Gasteiger partial charge in [-0.25, -0.2) is 4.79 Å². The van der Waals surface area contributed by atoms with Crippen LogP contribution in [0.5, 0.6) is 5.75 Å². The van der Waals surface area contributed by atoms with E-state index in [0.717, 1.165) is 62.5 Å². The summed E-state index contributed by atoms with van der Waals surface area (Å²) in [5.74, 6) is 1.21. The number of methoxy groups -OCH3 is 1. The Bertz CT molecular complexity index is 771. The Labute approximate surface area is 147 Å². The van der Waals surface area contributed by atoms with Crippen molar-refractivity contribution in [3.05, 3.63) is 46.8 Å². The monoisotopic (exact) mass is 341 g/mol. The number of esters is 1. The van der Waals surface area contributed by atoms with Crippen molar-refractivity contribution >= 4 is 5.97 Å². The average Bonchev–Trinajstić information content (AvgIpc) is 2.94. The van der Waals surface area contributed by atoms with Crippen LogP contribution in [0.1, 0.15) is 33.7 Å². The fourth-order valence-corrected chi connectivity index (χ4v) is 3.86. The van der Waals surface area contributed by atoms with E-state index in [1.165, 1.54) is 12.7 Å². The molecular weight excluding hydrogens is 318 g/mol. The van der Waals surface area contributed by atoms with E-state index in [1.54, 1.807) is 0 Å². The Morgan fingerprint density at radius 1 is 1.44 bits per heavy atom. The van der Waals surface area contributed by atoms with Crippen molar-refractivity contribution in [1.29, 1.82) is 0 Å². The second-order valence-electron chi connectivity index (χ2n) is 6.82. The molecule has 1 aromatic heterocycles. The SMILES string of the molecule is COC(=O)c1n[nH]c2c1CN(CC1CCOc3ccccc3C1)CC2. The van der Waals surface area contributed by atoms with Gasteiger partial charge in [0.1, 0.15) is 5.75 Å². The summed E-state index contributed by atoms with van der Waals surface area (Å²) in [6, 6.07) is 8.32. The molecule has 0 amide bonds. The van der Waals surface area contributed by atoms with Gasteiger partial charge in [0.2, 0.25) is 0 Å². The summed E-state index contributed by atoms with van der Waals surface area (Å²) in [6.07, 6.45) is 2.97. The highest BCUT2D eigenvalue weighted by molar-refractivity contribution is 5.89. The molecule has 1 atom stereocenters. The summed E-state index contributed by atoms with van der Waals surface area (Å²) >= 11 is 0. The molecule has 2 aliphatic rings. The van der Waals surface area contributed by atoms with Crippen molar-refractivity contribution in [2.75, 3.05) is 26.8 Å². The van der Waals surface area contributed by atoms with Gasteiger partial charge in [0, 0.05) is 37.3 Å². The number of rotatable bonds is 3. The van der Waals surface area contributed by atoms with Crippen molar-refractivity contribution in [2.24, 2.45) is 5.92 Å². The molecule has 0 radical (unpaired) electrons. The lowest BCUT2D eigenvalue weighted by Crippen LogP contribution is -2.35. The first-order chi connectivity index (χ1) is 12.2. The molecule has 132 valence electrons. The number of para-hydroxylation sites is 1. The maximum atomic E-state index is 11.9. The molecule has 2 aliphatic heterocycles. The number of ether oxygens (including phenoxy) is 2. The van der Waals surface area contributed by atoms with Crippen LogP contribution in [0, 0.1) is 5.92 Å². The zero-order valence-corrected chi connectivity index (χ0v) is 14.5. The van der Waals surface area contributed by atoms with Crippen molar-refractivity contribution < 1.29 is 14.3 Å². The number of fused-ring (bicyclic) bond motifs is 2. The second-order valence-corrected chi connectivity index (χ2v) is 6.82. The van der Waals surface area contributed by atoms with Crippen LogP contribution in [0.2, 0.25) is 0 Å². The van der Waals surface area contributed by atoms with Gasteiger partial charge in [0.25, 0.3) is 0 Å². The fraction of sp³-hybridized carbons (Fsp3) is 0.474. The van der Waals surface area contributed by atoms with Crippen LogP contribution in [0.15, 0.2) is 24.3 Å². The molecule has 1 N–H and O–H groups in total. The largest absolute Gasteiger partial charge is 0.493 e. The highest BCUT2D eigenvalue weighted by Gasteiger charge is 2.28. The third-order valence-electron chi connectivity index (χ3n) is 5.17. The molecule has 0 aliphatic carbocycles. The van der Waals surface area contributed by atoms with Gasteiger partial charge in [-0.15, -0.1) is 0 Å². The number of nitrogens with zero attached hydrogens (tertiary/aromatic N) is 2. The van der Waals surface area contributed by atoms with Crippen LogP contribution >= 0.6 is 0 Å². The fourth-order valence-electron chi connectivity index (χ4n) is 3.86. The lowest BCUT2D eigenvalue weighted by atomic mass is 9.95. The summed E-state index contributed by atoms with van der Waals surface area (Å²) in [5.41, 5.74) is 3.77. The first kappa shape index (κ1) is 16.1. The molecule has 2 aromatic rings. The highest BCUT2D eigenvalue weighted by atomic mass is 16.5. The summed E-state index contributed by atoms with van der Waals surface area (Å²) in [4.78, 5) is 14.3. The van der Waals surface area contributed by atoms with Crippen LogP contribution in [0.4, 0.5) is 0 Å². The molecule has 6 heteroatoms.